The molecule has 0 saturated heterocycles. The fourth-order valence-corrected chi connectivity index (χ4v) is 2.91. The summed E-state index contributed by atoms with van der Waals surface area (Å²) in [7, 11) is 0. The minimum absolute atomic E-state index is 0.921. The third kappa shape index (κ3) is 4.44. The summed E-state index contributed by atoms with van der Waals surface area (Å²) >= 11 is 5.26. The van der Waals surface area contributed by atoms with E-state index in [1.54, 1.807) is 11.8 Å². The maximum absolute atomic E-state index is 4.32. The van der Waals surface area contributed by atoms with E-state index in [9.17, 15) is 0 Å². The van der Waals surface area contributed by atoms with Crippen molar-refractivity contribution < 1.29 is 0 Å². The molecule has 2 rings (SSSR count). The van der Waals surface area contributed by atoms with Crippen LogP contribution in [0.4, 0.5) is 0 Å². The van der Waals surface area contributed by atoms with Crippen LogP contribution in [0.3, 0.4) is 0 Å². The van der Waals surface area contributed by atoms with Gasteiger partial charge in [0.2, 0.25) is 0 Å². The van der Waals surface area contributed by atoms with Gasteiger partial charge in [0.15, 0.2) is 0 Å². The number of thioether (sulfide) groups is 1. The van der Waals surface area contributed by atoms with Gasteiger partial charge in [0.1, 0.15) is 5.03 Å². The van der Waals surface area contributed by atoms with Gasteiger partial charge in [-0.1, -0.05) is 30.3 Å². The van der Waals surface area contributed by atoms with E-state index in [1.807, 2.05) is 24.4 Å². The zero-order chi connectivity index (χ0) is 12.6. The van der Waals surface area contributed by atoms with Gasteiger partial charge in [-0.2, -0.15) is 0 Å². The van der Waals surface area contributed by atoms with Crippen LogP contribution >= 0.6 is 27.7 Å². The van der Waals surface area contributed by atoms with E-state index >= 15 is 0 Å². The molecular weight excluding hydrogens is 308 g/mol. The minimum atomic E-state index is 0.921. The summed E-state index contributed by atoms with van der Waals surface area (Å²) in [6.45, 7) is 1.90. The first-order valence-corrected chi connectivity index (χ1v) is 7.62. The van der Waals surface area contributed by atoms with Crippen molar-refractivity contribution in [1.29, 1.82) is 0 Å². The van der Waals surface area contributed by atoms with Crippen molar-refractivity contribution in [3.05, 3.63) is 58.7 Å². The van der Waals surface area contributed by atoms with Crippen molar-refractivity contribution in [3.63, 3.8) is 0 Å². The average molecular weight is 323 g/mol. The average Bonchev–Trinajstić information content (AvgIpc) is 2.42. The molecule has 94 valence electrons. The molecule has 0 radical (unpaired) electrons. The van der Waals surface area contributed by atoms with Crippen molar-refractivity contribution in [1.82, 2.24) is 10.3 Å². The van der Waals surface area contributed by atoms with Crippen LogP contribution in [0.2, 0.25) is 0 Å². The molecule has 18 heavy (non-hydrogen) atoms. The Hall–Kier alpha value is -0.840. The lowest BCUT2D eigenvalue weighted by molar-refractivity contribution is 0.732. The molecule has 0 saturated carbocycles. The Morgan fingerprint density at radius 3 is 2.72 bits per heavy atom. The van der Waals surface area contributed by atoms with E-state index in [4.69, 9.17) is 0 Å². The standard InChI is InChI=1S/C14H15BrN2S/c15-13-7-4-8-17-14(13)18-10-9-16-11-12-5-2-1-3-6-12/h1-8,16H,9-11H2. The number of halogens is 1. The Balaban J connectivity index is 1.66. The van der Waals surface area contributed by atoms with Crippen molar-refractivity contribution in [2.75, 3.05) is 12.3 Å². The summed E-state index contributed by atoms with van der Waals surface area (Å²) in [5, 5.41) is 4.48. The third-order valence-corrected chi connectivity index (χ3v) is 4.32. The second-order valence-electron chi connectivity index (χ2n) is 3.80. The molecular formula is C14H15BrN2S. The van der Waals surface area contributed by atoms with Gasteiger partial charge in [0.05, 0.1) is 0 Å². The van der Waals surface area contributed by atoms with Crippen molar-refractivity contribution in [3.8, 4) is 0 Å². The van der Waals surface area contributed by atoms with Gasteiger partial charge in [0, 0.05) is 29.5 Å². The van der Waals surface area contributed by atoms with E-state index in [-0.39, 0.29) is 0 Å². The molecule has 0 atom stereocenters. The smallest absolute Gasteiger partial charge is 0.110 e. The van der Waals surface area contributed by atoms with Crippen LogP contribution in [0.25, 0.3) is 0 Å². The number of pyridine rings is 1. The molecule has 1 aromatic heterocycles. The molecule has 1 aromatic carbocycles. The lowest BCUT2D eigenvalue weighted by Crippen LogP contribution is -2.16. The quantitative estimate of drug-likeness (QED) is 0.648. The van der Waals surface area contributed by atoms with E-state index in [2.05, 4.69) is 50.5 Å². The number of nitrogens with one attached hydrogen (secondary N) is 1. The first kappa shape index (κ1) is 13.6. The summed E-state index contributed by atoms with van der Waals surface area (Å²) < 4.78 is 1.07. The molecule has 0 amide bonds. The molecule has 0 aliphatic heterocycles. The molecule has 0 bridgehead atoms. The highest BCUT2D eigenvalue weighted by Gasteiger charge is 2.00. The lowest BCUT2D eigenvalue weighted by atomic mass is 10.2. The molecule has 0 aliphatic carbocycles. The van der Waals surface area contributed by atoms with E-state index in [0.29, 0.717) is 0 Å². The maximum atomic E-state index is 4.32. The summed E-state index contributed by atoms with van der Waals surface area (Å²) in [6, 6.07) is 14.4. The van der Waals surface area contributed by atoms with Crippen molar-refractivity contribution >= 4 is 27.7 Å². The largest absolute Gasteiger partial charge is 0.312 e. The second kappa shape index (κ2) is 7.56. The molecule has 0 fully saturated rings. The van der Waals surface area contributed by atoms with E-state index in [1.165, 1.54) is 5.56 Å². The van der Waals surface area contributed by atoms with E-state index in [0.717, 1.165) is 28.3 Å². The predicted molar refractivity (Wildman–Crippen MR) is 80.8 cm³/mol. The fourth-order valence-electron chi connectivity index (χ4n) is 1.53. The Morgan fingerprint density at radius 2 is 1.94 bits per heavy atom. The molecule has 0 spiro atoms. The van der Waals surface area contributed by atoms with Crippen LogP contribution < -0.4 is 5.32 Å². The monoisotopic (exact) mass is 322 g/mol. The second-order valence-corrected chi connectivity index (χ2v) is 5.74. The predicted octanol–water partition coefficient (Wildman–Crippen LogP) is 3.73. The molecule has 2 aromatic rings. The lowest BCUT2D eigenvalue weighted by Gasteiger charge is -2.05. The summed E-state index contributed by atoms with van der Waals surface area (Å²) in [4.78, 5) is 4.32. The normalized spacial score (nSPS) is 10.5. The Bertz CT molecular complexity index is 476. The van der Waals surface area contributed by atoms with Crippen molar-refractivity contribution in [2.45, 2.75) is 11.6 Å². The molecule has 0 unspecified atom stereocenters. The van der Waals surface area contributed by atoms with Crippen molar-refractivity contribution in [2.24, 2.45) is 0 Å². The SMILES string of the molecule is Brc1cccnc1SCCNCc1ccccc1. The van der Waals surface area contributed by atoms with Crippen LogP contribution in [0.15, 0.2) is 58.2 Å². The third-order valence-electron chi connectivity index (χ3n) is 2.41. The van der Waals surface area contributed by atoms with Gasteiger partial charge >= 0.3 is 0 Å². The molecule has 1 N–H and O–H groups in total. The number of hydrogen-bond donors (Lipinski definition) is 1. The topological polar surface area (TPSA) is 24.9 Å². The Labute approximate surface area is 120 Å². The Kier molecular flexibility index (Phi) is 5.71. The summed E-state index contributed by atoms with van der Waals surface area (Å²) in [6.07, 6.45) is 1.82. The van der Waals surface area contributed by atoms with Crippen LogP contribution in [-0.4, -0.2) is 17.3 Å². The minimum Gasteiger partial charge on any atom is -0.312 e. The van der Waals surface area contributed by atoms with Gasteiger partial charge in [-0.3, -0.25) is 0 Å². The van der Waals surface area contributed by atoms with Gasteiger partial charge < -0.3 is 5.32 Å². The van der Waals surface area contributed by atoms with Gasteiger partial charge in [-0.15, -0.1) is 11.8 Å². The number of rotatable bonds is 6. The Morgan fingerprint density at radius 1 is 1.11 bits per heavy atom. The van der Waals surface area contributed by atoms with Crippen LogP contribution in [-0.2, 0) is 6.54 Å². The molecule has 0 aliphatic rings. The highest BCUT2D eigenvalue weighted by atomic mass is 79.9. The highest BCUT2D eigenvalue weighted by Crippen LogP contribution is 2.23. The first-order valence-electron chi connectivity index (χ1n) is 5.84. The maximum Gasteiger partial charge on any atom is 0.110 e. The van der Waals surface area contributed by atoms with Gasteiger partial charge in [-0.05, 0) is 33.6 Å². The summed E-state index contributed by atoms with van der Waals surface area (Å²) in [5.74, 6) is 1.02. The van der Waals surface area contributed by atoms with E-state index < -0.39 is 0 Å². The fraction of sp³-hybridized carbons (Fsp3) is 0.214. The van der Waals surface area contributed by atoms with Gasteiger partial charge in [0.25, 0.3) is 0 Å². The number of hydrogen-bond acceptors (Lipinski definition) is 3. The number of benzene rings is 1. The number of aromatic nitrogens is 1. The number of nitrogens with zero attached hydrogens (tertiary/aromatic N) is 1. The highest BCUT2D eigenvalue weighted by molar-refractivity contribution is 9.10. The molecule has 4 heteroatoms. The molecule has 2 nitrogen and oxygen atoms in total. The molecule has 1 heterocycles. The van der Waals surface area contributed by atoms with Crippen LogP contribution in [0, 0.1) is 0 Å². The van der Waals surface area contributed by atoms with Crippen LogP contribution in [0.5, 0.6) is 0 Å². The first-order chi connectivity index (χ1) is 8.86. The zero-order valence-corrected chi connectivity index (χ0v) is 12.4. The summed E-state index contributed by atoms with van der Waals surface area (Å²) in [5.41, 5.74) is 1.32. The van der Waals surface area contributed by atoms with Crippen LogP contribution in [0.1, 0.15) is 5.56 Å². The van der Waals surface area contributed by atoms with Gasteiger partial charge in [-0.25, -0.2) is 4.98 Å². The zero-order valence-electron chi connectivity index (χ0n) is 9.97.